The fourth-order valence-electron chi connectivity index (χ4n) is 2.75. The summed E-state index contributed by atoms with van der Waals surface area (Å²) in [6, 6.07) is 0.946. The second-order valence-corrected chi connectivity index (χ2v) is 5.03. The first-order valence-electron chi connectivity index (χ1n) is 6.06. The molecule has 0 aromatic heterocycles. The monoisotopic (exact) mass is 181 g/mol. The summed E-state index contributed by atoms with van der Waals surface area (Å²) in [7, 11) is 2.33. The molecule has 0 atom stereocenters. The first kappa shape index (κ1) is 9.51. The van der Waals surface area contributed by atoms with Crippen LogP contribution in [0.2, 0.25) is 0 Å². The standard InChI is InChI=1S/C12H23N/c1-13(12-8-5-9-12)10-11-6-3-2-4-7-11/h11-12H,2-10H2,1H3. The van der Waals surface area contributed by atoms with Gasteiger partial charge in [0.15, 0.2) is 0 Å². The van der Waals surface area contributed by atoms with Crippen LogP contribution < -0.4 is 0 Å². The highest BCUT2D eigenvalue weighted by atomic mass is 15.1. The molecule has 0 aromatic carbocycles. The van der Waals surface area contributed by atoms with Crippen molar-refractivity contribution in [3.8, 4) is 0 Å². The number of rotatable bonds is 3. The summed E-state index contributed by atoms with van der Waals surface area (Å²) < 4.78 is 0. The van der Waals surface area contributed by atoms with Crippen molar-refractivity contribution in [2.75, 3.05) is 13.6 Å². The Morgan fingerprint density at radius 3 is 2.15 bits per heavy atom. The van der Waals surface area contributed by atoms with Gasteiger partial charge in [0.25, 0.3) is 0 Å². The van der Waals surface area contributed by atoms with Gasteiger partial charge in [0.05, 0.1) is 0 Å². The van der Waals surface area contributed by atoms with Crippen molar-refractivity contribution < 1.29 is 0 Å². The topological polar surface area (TPSA) is 3.24 Å². The van der Waals surface area contributed by atoms with Crippen molar-refractivity contribution in [1.82, 2.24) is 4.90 Å². The highest BCUT2D eigenvalue weighted by Crippen LogP contribution is 2.28. The smallest absolute Gasteiger partial charge is 0.00923 e. The molecular formula is C12H23N. The minimum Gasteiger partial charge on any atom is -0.303 e. The van der Waals surface area contributed by atoms with Crippen LogP contribution in [0.1, 0.15) is 51.4 Å². The van der Waals surface area contributed by atoms with E-state index >= 15 is 0 Å². The maximum atomic E-state index is 2.62. The third-order valence-corrected chi connectivity index (χ3v) is 3.97. The summed E-state index contributed by atoms with van der Waals surface area (Å²) in [6.07, 6.45) is 11.9. The highest BCUT2D eigenvalue weighted by molar-refractivity contribution is 4.80. The molecule has 0 bridgehead atoms. The largest absolute Gasteiger partial charge is 0.303 e. The summed E-state index contributed by atoms with van der Waals surface area (Å²) in [4.78, 5) is 2.62. The number of nitrogens with zero attached hydrogens (tertiary/aromatic N) is 1. The van der Waals surface area contributed by atoms with E-state index in [0.717, 1.165) is 12.0 Å². The summed E-state index contributed by atoms with van der Waals surface area (Å²) in [5, 5.41) is 0. The molecule has 1 nitrogen and oxygen atoms in total. The van der Waals surface area contributed by atoms with Crippen molar-refractivity contribution in [1.29, 1.82) is 0 Å². The Labute approximate surface area is 82.5 Å². The zero-order valence-electron chi connectivity index (χ0n) is 8.97. The minimum absolute atomic E-state index is 0.946. The molecule has 0 aliphatic heterocycles. The Morgan fingerprint density at radius 1 is 0.923 bits per heavy atom. The van der Waals surface area contributed by atoms with Gasteiger partial charge in [-0.3, -0.25) is 0 Å². The Bertz CT molecular complexity index is 145. The van der Waals surface area contributed by atoms with Crippen molar-refractivity contribution in [3.63, 3.8) is 0 Å². The molecule has 0 heterocycles. The van der Waals surface area contributed by atoms with E-state index in [4.69, 9.17) is 0 Å². The Kier molecular flexibility index (Phi) is 3.26. The summed E-state index contributed by atoms with van der Waals surface area (Å²) >= 11 is 0. The molecule has 2 saturated carbocycles. The molecule has 2 fully saturated rings. The molecular weight excluding hydrogens is 158 g/mol. The van der Waals surface area contributed by atoms with Crippen LogP contribution >= 0.6 is 0 Å². The van der Waals surface area contributed by atoms with E-state index in [9.17, 15) is 0 Å². The molecule has 76 valence electrons. The Morgan fingerprint density at radius 2 is 1.62 bits per heavy atom. The third-order valence-electron chi connectivity index (χ3n) is 3.97. The molecule has 0 amide bonds. The molecule has 0 unspecified atom stereocenters. The first-order valence-corrected chi connectivity index (χ1v) is 6.06. The highest BCUT2D eigenvalue weighted by Gasteiger charge is 2.24. The van der Waals surface area contributed by atoms with E-state index in [1.165, 1.54) is 57.9 Å². The molecule has 0 spiro atoms. The fourth-order valence-corrected chi connectivity index (χ4v) is 2.75. The molecule has 13 heavy (non-hydrogen) atoms. The SMILES string of the molecule is CN(CC1CCCCC1)C1CCC1. The van der Waals surface area contributed by atoms with Crippen molar-refractivity contribution >= 4 is 0 Å². The molecule has 0 N–H and O–H groups in total. The summed E-state index contributed by atoms with van der Waals surface area (Å²) in [5.41, 5.74) is 0. The van der Waals surface area contributed by atoms with Gasteiger partial charge in [-0.25, -0.2) is 0 Å². The van der Waals surface area contributed by atoms with Crippen LogP contribution in [-0.2, 0) is 0 Å². The van der Waals surface area contributed by atoms with E-state index < -0.39 is 0 Å². The van der Waals surface area contributed by atoms with E-state index in [1.54, 1.807) is 0 Å². The lowest BCUT2D eigenvalue weighted by molar-refractivity contribution is 0.126. The third kappa shape index (κ3) is 2.46. The van der Waals surface area contributed by atoms with Crippen molar-refractivity contribution in [2.45, 2.75) is 57.4 Å². The van der Waals surface area contributed by atoms with Gasteiger partial charge in [0.2, 0.25) is 0 Å². The normalized spacial score (nSPS) is 26.3. The molecule has 2 rings (SSSR count). The molecule has 0 radical (unpaired) electrons. The van der Waals surface area contributed by atoms with Gasteiger partial charge in [-0.15, -0.1) is 0 Å². The zero-order chi connectivity index (χ0) is 9.10. The van der Waals surface area contributed by atoms with E-state index in [-0.39, 0.29) is 0 Å². The molecule has 1 heteroatoms. The summed E-state index contributed by atoms with van der Waals surface area (Å²) in [6.45, 7) is 1.38. The van der Waals surface area contributed by atoms with Gasteiger partial charge in [-0.1, -0.05) is 25.7 Å². The number of hydrogen-bond acceptors (Lipinski definition) is 1. The first-order chi connectivity index (χ1) is 6.36. The van der Waals surface area contributed by atoms with Gasteiger partial charge in [-0.2, -0.15) is 0 Å². The molecule has 2 aliphatic rings. The lowest BCUT2D eigenvalue weighted by Crippen LogP contribution is -2.40. The second-order valence-electron chi connectivity index (χ2n) is 5.03. The molecule has 0 aromatic rings. The van der Waals surface area contributed by atoms with Crippen LogP contribution in [0.25, 0.3) is 0 Å². The maximum absolute atomic E-state index is 2.62. The molecule has 2 aliphatic carbocycles. The zero-order valence-corrected chi connectivity index (χ0v) is 8.97. The predicted octanol–water partition coefficient (Wildman–Crippen LogP) is 3.05. The fraction of sp³-hybridized carbons (Fsp3) is 1.00. The Hall–Kier alpha value is -0.0400. The van der Waals surface area contributed by atoms with Gasteiger partial charge in [0, 0.05) is 12.6 Å². The predicted molar refractivity (Wildman–Crippen MR) is 56.8 cm³/mol. The lowest BCUT2D eigenvalue weighted by atomic mass is 9.86. The average molecular weight is 181 g/mol. The lowest BCUT2D eigenvalue weighted by Gasteiger charge is -2.37. The average Bonchev–Trinajstić information content (AvgIpc) is 2.02. The maximum Gasteiger partial charge on any atom is 0.00923 e. The van der Waals surface area contributed by atoms with Gasteiger partial charge >= 0.3 is 0 Å². The number of hydrogen-bond donors (Lipinski definition) is 0. The quantitative estimate of drug-likeness (QED) is 0.647. The summed E-state index contributed by atoms with van der Waals surface area (Å²) in [5.74, 6) is 1.03. The minimum atomic E-state index is 0.946. The van der Waals surface area contributed by atoms with Crippen LogP contribution in [0.5, 0.6) is 0 Å². The van der Waals surface area contributed by atoms with Crippen LogP contribution in [0.15, 0.2) is 0 Å². The van der Waals surface area contributed by atoms with Crippen molar-refractivity contribution in [3.05, 3.63) is 0 Å². The van der Waals surface area contributed by atoms with Crippen LogP contribution in [0.4, 0.5) is 0 Å². The van der Waals surface area contributed by atoms with Gasteiger partial charge in [0.1, 0.15) is 0 Å². The molecule has 0 saturated heterocycles. The van der Waals surface area contributed by atoms with E-state index in [2.05, 4.69) is 11.9 Å². The van der Waals surface area contributed by atoms with E-state index in [1.807, 2.05) is 0 Å². The van der Waals surface area contributed by atoms with Gasteiger partial charge < -0.3 is 4.90 Å². The van der Waals surface area contributed by atoms with Crippen LogP contribution in [0, 0.1) is 5.92 Å². The van der Waals surface area contributed by atoms with Gasteiger partial charge in [-0.05, 0) is 38.6 Å². The van der Waals surface area contributed by atoms with E-state index in [0.29, 0.717) is 0 Å². The van der Waals surface area contributed by atoms with Crippen LogP contribution in [0.3, 0.4) is 0 Å². The second kappa shape index (κ2) is 4.45. The Balaban J connectivity index is 1.69. The van der Waals surface area contributed by atoms with Crippen LogP contribution in [-0.4, -0.2) is 24.5 Å². The van der Waals surface area contributed by atoms with Crippen molar-refractivity contribution in [2.24, 2.45) is 5.92 Å².